The summed E-state index contributed by atoms with van der Waals surface area (Å²) in [7, 11) is 0. The summed E-state index contributed by atoms with van der Waals surface area (Å²) in [5.41, 5.74) is 3.12. The molecule has 6 unspecified atom stereocenters. The number of hydrogen-bond donors (Lipinski definition) is 1. The van der Waals surface area contributed by atoms with Crippen LogP contribution in [0.5, 0.6) is 0 Å². The number of carbonyl (C=O) groups is 2. The van der Waals surface area contributed by atoms with Gasteiger partial charge in [-0.25, -0.2) is 4.39 Å². The van der Waals surface area contributed by atoms with Gasteiger partial charge in [0.2, 0.25) is 0 Å². The molecule has 4 heteroatoms. The van der Waals surface area contributed by atoms with E-state index in [4.69, 9.17) is 0 Å². The van der Waals surface area contributed by atoms with E-state index in [0.29, 0.717) is 22.8 Å². The first-order valence-corrected chi connectivity index (χ1v) is 14.0. The van der Waals surface area contributed by atoms with Gasteiger partial charge in [-0.2, -0.15) is 0 Å². The molecule has 0 radical (unpaired) electrons. The summed E-state index contributed by atoms with van der Waals surface area (Å²) in [6, 6.07) is 4.24. The summed E-state index contributed by atoms with van der Waals surface area (Å²) >= 11 is 0. The van der Waals surface area contributed by atoms with Crippen LogP contribution in [0.25, 0.3) is 6.08 Å². The second-order valence-electron chi connectivity index (χ2n) is 12.1. The van der Waals surface area contributed by atoms with Crippen LogP contribution in [-0.4, -0.2) is 22.8 Å². The van der Waals surface area contributed by atoms with Crippen LogP contribution in [-0.2, 0) is 4.79 Å². The zero-order chi connectivity index (χ0) is 26.1. The van der Waals surface area contributed by atoms with E-state index in [1.54, 1.807) is 0 Å². The quantitative estimate of drug-likeness (QED) is 0.436. The van der Waals surface area contributed by atoms with Gasteiger partial charge in [-0.05, 0) is 117 Å². The fourth-order valence-corrected chi connectivity index (χ4v) is 7.90. The first-order valence-electron chi connectivity index (χ1n) is 14.0. The van der Waals surface area contributed by atoms with E-state index in [2.05, 4.69) is 20.8 Å². The van der Waals surface area contributed by atoms with Crippen LogP contribution in [0.2, 0.25) is 0 Å². The molecule has 0 bridgehead atoms. The Balaban J connectivity index is 0.000000181. The Bertz CT molecular complexity index is 1060. The van der Waals surface area contributed by atoms with E-state index >= 15 is 0 Å². The van der Waals surface area contributed by atoms with Crippen molar-refractivity contribution in [2.75, 3.05) is 0 Å². The molecule has 0 amide bonds. The summed E-state index contributed by atoms with van der Waals surface area (Å²) in [4.78, 5) is 23.0. The van der Waals surface area contributed by atoms with Crippen LogP contribution in [0, 0.1) is 34.4 Å². The lowest BCUT2D eigenvalue weighted by molar-refractivity contribution is -0.118. The first-order chi connectivity index (χ1) is 17.1. The molecule has 1 aromatic carbocycles. The summed E-state index contributed by atoms with van der Waals surface area (Å²) in [5, 5.41) is 10.4. The van der Waals surface area contributed by atoms with Crippen LogP contribution < -0.4 is 0 Å². The molecule has 0 saturated heterocycles. The molecule has 3 nitrogen and oxygen atoms in total. The molecule has 0 aromatic heterocycles. The van der Waals surface area contributed by atoms with Crippen molar-refractivity contribution in [2.45, 2.75) is 98.0 Å². The number of hydrogen-bond acceptors (Lipinski definition) is 3. The van der Waals surface area contributed by atoms with Gasteiger partial charge < -0.3 is 5.11 Å². The summed E-state index contributed by atoms with van der Waals surface area (Å²) in [5.74, 6) is 2.23. The number of unbranched alkanes of at least 4 members (excludes halogenated alkanes) is 1. The fourth-order valence-electron chi connectivity index (χ4n) is 7.90. The third-order valence-corrected chi connectivity index (χ3v) is 10.1. The first kappa shape index (κ1) is 27.0. The average Bonchev–Trinajstić information content (AvgIpc) is 3.14. The standard InChI is InChI=1S/C19H28O2.C13H15FO/c1-18-9-7-13(20)11-12(18)3-4-14-15-5-6-17(21)19(15,2)10-8-16(14)18;1-3-4-5-6-11-9-12(14)7-8-13(11)10(2)15/h11,14-17,21H,3-10H2,1-2H3;5-9H,3-4H2,1-2H3/b;6-5-. The molecular weight excluding hydrogens is 451 g/mol. The van der Waals surface area contributed by atoms with Crippen LogP contribution >= 0.6 is 0 Å². The Morgan fingerprint density at radius 1 is 1.11 bits per heavy atom. The Morgan fingerprint density at radius 3 is 2.61 bits per heavy atom. The third-order valence-electron chi connectivity index (χ3n) is 10.1. The predicted molar refractivity (Wildman–Crippen MR) is 143 cm³/mol. The largest absolute Gasteiger partial charge is 0.393 e. The SMILES string of the molecule is CC12CCC(=O)C=C1CCC1C2CCC2(C)C(O)CCC12.CCC/C=C\c1cc(F)ccc1C(C)=O. The number of aliphatic hydroxyl groups excluding tert-OH is 1. The smallest absolute Gasteiger partial charge is 0.160 e. The lowest BCUT2D eigenvalue weighted by Gasteiger charge is -2.57. The van der Waals surface area contributed by atoms with Gasteiger partial charge in [-0.1, -0.05) is 44.9 Å². The molecule has 196 valence electrons. The summed E-state index contributed by atoms with van der Waals surface area (Å²) < 4.78 is 13.0. The second kappa shape index (κ2) is 10.7. The predicted octanol–water partition coefficient (Wildman–Crippen LogP) is 7.72. The van der Waals surface area contributed by atoms with E-state index in [1.807, 2.05) is 18.2 Å². The van der Waals surface area contributed by atoms with E-state index in [9.17, 15) is 19.1 Å². The lowest BCUT2D eigenvalue weighted by Crippen LogP contribution is -2.51. The maximum Gasteiger partial charge on any atom is 0.160 e. The fraction of sp³-hybridized carbons (Fsp3) is 0.625. The van der Waals surface area contributed by atoms with Gasteiger partial charge in [-0.15, -0.1) is 0 Å². The molecule has 1 N–H and O–H groups in total. The molecular formula is C32H43FO3. The highest BCUT2D eigenvalue weighted by atomic mass is 19.1. The molecule has 3 fully saturated rings. The monoisotopic (exact) mass is 494 g/mol. The number of carbonyl (C=O) groups excluding carboxylic acids is 2. The van der Waals surface area contributed by atoms with Crippen LogP contribution in [0.15, 0.2) is 35.9 Å². The van der Waals surface area contributed by atoms with Crippen molar-refractivity contribution in [3.8, 4) is 0 Å². The number of allylic oxidation sites excluding steroid dienone is 2. The minimum absolute atomic E-state index is 0.0360. The maximum absolute atomic E-state index is 13.0. The molecule has 1 aromatic rings. The van der Waals surface area contributed by atoms with Gasteiger partial charge in [0, 0.05) is 12.0 Å². The lowest BCUT2D eigenvalue weighted by atomic mass is 9.47. The summed E-state index contributed by atoms with van der Waals surface area (Å²) in [6.07, 6.45) is 16.5. The molecule has 5 rings (SSSR count). The number of aliphatic hydroxyl groups is 1. The van der Waals surface area contributed by atoms with Crippen molar-refractivity contribution in [2.24, 2.45) is 28.6 Å². The Hall–Kier alpha value is -2.07. The van der Waals surface area contributed by atoms with Crippen LogP contribution in [0.1, 0.15) is 108 Å². The van der Waals surface area contributed by atoms with Gasteiger partial charge in [0.1, 0.15) is 5.82 Å². The van der Waals surface area contributed by atoms with Gasteiger partial charge in [-0.3, -0.25) is 9.59 Å². The molecule has 0 spiro atoms. The number of ketones is 2. The minimum atomic E-state index is -0.309. The minimum Gasteiger partial charge on any atom is -0.393 e. The molecule has 0 heterocycles. The number of halogens is 1. The average molecular weight is 495 g/mol. The van der Waals surface area contributed by atoms with Crippen molar-refractivity contribution < 1.29 is 19.1 Å². The molecule has 6 atom stereocenters. The zero-order valence-electron chi connectivity index (χ0n) is 22.5. The number of Topliss-reactive ketones (excluding diaryl/α,β-unsaturated/α-hetero) is 1. The Kier molecular flexibility index (Phi) is 8.04. The zero-order valence-corrected chi connectivity index (χ0v) is 22.5. The van der Waals surface area contributed by atoms with E-state index in [1.165, 1.54) is 56.4 Å². The van der Waals surface area contributed by atoms with Crippen molar-refractivity contribution in [1.82, 2.24) is 0 Å². The molecule has 3 saturated carbocycles. The van der Waals surface area contributed by atoms with Crippen molar-refractivity contribution >= 4 is 17.6 Å². The molecule has 0 aliphatic heterocycles. The maximum atomic E-state index is 13.0. The highest BCUT2D eigenvalue weighted by Gasteiger charge is 2.58. The van der Waals surface area contributed by atoms with E-state index in [-0.39, 0.29) is 28.5 Å². The number of rotatable bonds is 4. The van der Waals surface area contributed by atoms with Crippen LogP contribution in [0.3, 0.4) is 0 Å². The molecule has 4 aliphatic rings. The van der Waals surface area contributed by atoms with Gasteiger partial charge >= 0.3 is 0 Å². The highest BCUT2D eigenvalue weighted by Crippen LogP contribution is 2.65. The molecule has 4 aliphatic carbocycles. The highest BCUT2D eigenvalue weighted by molar-refractivity contribution is 5.97. The van der Waals surface area contributed by atoms with E-state index < -0.39 is 0 Å². The van der Waals surface area contributed by atoms with Gasteiger partial charge in [0.25, 0.3) is 0 Å². The second-order valence-corrected chi connectivity index (χ2v) is 12.1. The third kappa shape index (κ3) is 5.03. The van der Waals surface area contributed by atoms with E-state index in [0.717, 1.165) is 50.4 Å². The van der Waals surface area contributed by atoms with Crippen molar-refractivity contribution in [3.05, 3.63) is 52.9 Å². The van der Waals surface area contributed by atoms with Crippen molar-refractivity contribution in [3.63, 3.8) is 0 Å². The normalized spacial score (nSPS) is 35.3. The number of benzene rings is 1. The Morgan fingerprint density at radius 2 is 1.89 bits per heavy atom. The Labute approximate surface area is 216 Å². The topological polar surface area (TPSA) is 54.4 Å². The summed E-state index contributed by atoms with van der Waals surface area (Å²) in [6.45, 7) is 8.33. The van der Waals surface area contributed by atoms with Crippen molar-refractivity contribution in [1.29, 1.82) is 0 Å². The van der Waals surface area contributed by atoms with Gasteiger partial charge in [0.05, 0.1) is 6.10 Å². The number of fused-ring (bicyclic) bond motifs is 5. The van der Waals surface area contributed by atoms with Crippen LogP contribution in [0.4, 0.5) is 4.39 Å². The van der Waals surface area contributed by atoms with Gasteiger partial charge in [0.15, 0.2) is 11.6 Å². The molecule has 36 heavy (non-hydrogen) atoms.